The van der Waals surface area contributed by atoms with Gasteiger partial charge in [0.05, 0.1) is 6.61 Å². The van der Waals surface area contributed by atoms with E-state index in [-0.39, 0.29) is 0 Å². The predicted octanol–water partition coefficient (Wildman–Crippen LogP) is 1.99. The van der Waals surface area contributed by atoms with E-state index < -0.39 is 0 Å². The maximum absolute atomic E-state index is 5.71. The monoisotopic (exact) mass is 233 g/mol. The van der Waals surface area contributed by atoms with Crippen LogP contribution in [0.25, 0.3) is 0 Å². The Balaban J connectivity index is 1.71. The van der Waals surface area contributed by atoms with Gasteiger partial charge in [0.15, 0.2) is 11.5 Å². The van der Waals surface area contributed by atoms with Gasteiger partial charge < -0.3 is 19.5 Å². The Labute approximate surface area is 99.9 Å². The first kappa shape index (κ1) is 9.59. The molecule has 0 aromatic heterocycles. The molecule has 1 aromatic carbocycles. The van der Waals surface area contributed by atoms with E-state index in [0.717, 1.165) is 30.3 Å². The summed E-state index contributed by atoms with van der Waals surface area (Å²) in [4.78, 5) is 0. The third-order valence-corrected chi connectivity index (χ3v) is 3.56. The van der Waals surface area contributed by atoms with Crippen LogP contribution in [0.15, 0.2) is 12.1 Å². The molecule has 17 heavy (non-hydrogen) atoms. The van der Waals surface area contributed by atoms with Gasteiger partial charge in [-0.15, -0.1) is 0 Å². The van der Waals surface area contributed by atoms with Crippen LogP contribution in [0, 0.1) is 0 Å². The van der Waals surface area contributed by atoms with Crippen LogP contribution in [0.2, 0.25) is 0 Å². The van der Waals surface area contributed by atoms with Gasteiger partial charge in [0.2, 0.25) is 6.79 Å². The molecule has 1 saturated carbocycles. The van der Waals surface area contributed by atoms with Crippen molar-refractivity contribution in [3.8, 4) is 17.2 Å². The second-order valence-corrected chi connectivity index (χ2v) is 4.87. The van der Waals surface area contributed by atoms with Crippen molar-refractivity contribution in [3.63, 3.8) is 0 Å². The Hall–Kier alpha value is -1.42. The number of fused-ring (bicyclic) bond motifs is 2. The normalized spacial score (nSPS) is 25.3. The van der Waals surface area contributed by atoms with Crippen LogP contribution in [0.3, 0.4) is 0 Å². The minimum absolute atomic E-state index is 0.318. The summed E-state index contributed by atoms with van der Waals surface area (Å²) in [5.74, 6) is 2.59. The molecule has 4 nitrogen and oxygen atoms in total. The summed E-state index contributed by atoms with van der Waals surface area (Å²) in [6, 6.07) is 5.13. The summed E-state index contributed by atoms with van der Waals surface area (Å²) in [5, 5.41) is 3.66. The standard InChI is InChI=1S/C13H15NO3/c1-2-8(1)14-10-3-4-15-11-6-13-12(5-9(10)11)16-7-17-13/h5-6,8,10,14H,1-4,7H2. The van der Waals surface area contributed by atoms with Crippen molar-refractivity contribution < 1.29 is 14.2 Å². The van der Waals surface area contributed by atoms with Crippen molar-refractivity contribution in [2.24, 2.45) is 0 Å². The summed E-state index contributed by atoms with van der Waals surface area (Å²) in [7, 11) is 0. The van der Waals surface area contributed by atoms with Gasteiger partial charge in [0.25, 0.3) is 0 Å². The van der Waals surface area contributed by atoms with Crippen molar-refractivity contribution >= 4 is 0 Å². The largest absolute Gasteiger partial charge is 0.493 e. The van der Waals surface area contributed by atoms with Crippen LogP contribution in [0.1, 0.15) is 30.9 Å². The molecular weight excluding hydrogens is 218 g/mol. The van der Waals surface area contributed by atoms with E-state index in [1.165, 1.54) is 18.4 Å². The minimum atomic E-state index is 0.318. The van der Waals surface area contributed by atoms with Crippen molar-refractivity contribution in [3.05, 3.63) is 17.7 Å². The molecule has 0 spiro atoms. The van der Waals surface area contributed by atoms with Crippen LogP contribution in [0.5, 0.6) is 17.2 Å². The fourth-order valence-corrected chi connectivity index (χ4v) is 2.49. The third-order valence-electron chi connectivity index (χ3n) is 3.56. The fraction of sp³-hybridized carbons (Fsp3) is 0.538. The molecule has 3 aliphatic rings. The zero-order valence-corrected chi connectivity index (χ0v) is 9.57. The molecular formula is C13H15NO3. The summed E-state index contributed by atoms with van der Waals surface area (Å²) >= 11 is 0. The summed E-state index contributed by atoms with van der Waals surface area (Å²) in [5.41, 5.74) is 1.22. The zero-order chi connectivity index (χ0) is 11.2. The highest BCUT2D eigenvalue weighted by atomic mass is 16.7. The first-order chi connectivity index (χ1) is 8.40. The van der Waals surface area contributed by atoms with Gasteiger partial charge in [-0.25, -0.2) is 0 Å². The molecule has 2 heterocycles. The van der Waals surface area contributed by atoms with E-state index in [2.05, 4.69) is 11.4 Å². The maximum atomic E-state index is 5.71. The number of ether oxygens (including phenoxy) is 3. The quantitative estimate of drug-likeness (QED) is 0.848. The molecule has 0 radical (unpaired) electrons. The van der Waals surface area contributed by atoms with Crippen molar-refractivity contribution in [1.82, 2.24) is 5.32 Å². The van der Waals surface area contributed by atoms with E-state index in [9.17, 15) is 0 Å². The van der Waals surface area contributed by atoms with Crippen molar-refractivity contribution in [2.45, 2.75) is 31.3 Å². The summed E-state index contributed by atoms with van der Waals surface area (Å²) in [6.07, 6.45) is 3.64. The Morgan fingerprint density at radius 3 is 2.59 bits per heavy atom. The van der Waals surface area contributed by atoms with Gasteiger partial charge in [-0.2, -0.15) is 0 Å². The number of rotatable bonds is 2. The second kappa shape index (κ2) is 3.53. The average molecular weight is 233 g/mol. The Morgan fingerprint density at radius 2 is 1.76 bits per heavy atom. The summed E-state index contributed by atoms with van der Waals surface area (Å²) in [6.45, 7) is 1.09. The third kappa shape index (κ3) is 1.63. The number of benzene rings is 1. The van der Waals surface area contributed by atoms with Gasteiger partial charge >= 0.3 is 0 Å². The van der Waals surface area contributed by atoms with Gasteiger partial charge in [0.1, 0.15) is 5.75 Å². The van der Waals surface area contributed by atoms with Gasteiger partial charge in [-0.3, -0.25) is 0 Å². The first-order valence-corrected chi connectivity index (χ1v) is 6.22. The highest BCUT2D eigenvalue weighted by Gasteiger charge is 2.30. The molecule has 4 rings (SSSR count). The van der Waals surface area contributed by atoms with Crippen molar-refractivity contribution in [1.29, 1.82) is 0 Å². The van der Waals surface area contributed by atoms with Crippen LogP contribution in [0.4, 0.5) is 0 Å². The van der Waals surface area contributed by atoms with Crippen LogP contribution in [-0.2, 0) is 0 Å². The van der Waals surface area contributed by atoms with E-state index >= 15 is 0 Å². The lowest BCUT2D eigenvalue weighted by Gasteiger charge is -2.27. The molecule has 1 aliphatic carbocycles. The molecule has 0 amide bonds. The van der Waals surface area contributed by atoms with E-state index in [1.807, 2.05) is 6.07 Å². The van der Waals surface area contributed by atoms with Gasteiger partial charge in [0, 0.05) is 30.1 Å². The highest BCUT2D eigenvalue weighted by molar-refractivity contribution is 5.53. The topological polar surface area (TPSA) is 39.7 Å². The molecule has 0 bridgehead atoms. The van der Waals surface area contributed by atoms with Crippen molar-refractivity contribution in [2.75, 3.05) is 13.4 Å². The number of hydrogen-bond donors (Lipinski definition) is 1. The molecule has 90 valence electrons. The lowest BCUT2D eigenvalue weighted by atomic mass is 10.00. The Kier molecular flexibility index (Phi) is 1.99. The van der Waals surface area contributed by atoms with Crippen LogP contribution < -0.4 is 19.5 Å². The first-order valence-electron chi connectivity index (χ1n) is 6.22. The molecule has 1 aromatic rings. The van der Waals surface area contributed by atoms with Gasteiger partial charge in [-0.05, 0) is 18.9 Å². The van der Waals surface area contributed by atoms with Crippen LogP contribution in [-0.4, -0.2) is 19.4 Å². The van der Waals surface area contributed by atoms with E-state index in [1.54, 1.807) is 0 Å². The molecule has 0 saturated heterocycles. The summed E-state index contributed by atoms with van der Waals surface area (Å²) < 4.78 is 16.5. The lowest BCUT2D eigenvalue weighted by molar-refractivity contribution is 0.174. The van der Waals surface area contributed by atoms with E-state index in [4.69, 9.17) is 14.2 Å². The zero-order valence-electron chi connectivity index (χ0n) is 9.57. The van der Waals surface area contributed by atoms with Crippen LogP contribution >= 0.6 is 0 Å². The number of hydrogen-bond acceptors (Lipinski definition) is 4. The molecule has 1 fully saturated rings. The maximum Gasteiger partial charge on any atom is 0.231 e. The Bertz CT molecular complexity index is 456. The average Bonchev–Trinajstić information content (AvgIpc) is 3.04. The van der Waals surface area contributed by atoms with Gasteiger partial charge in [-0.1, -0.05) is 0 Å². The molecule has 1 atom stereocenters. The number of nitrogens with one attached hydrogen (secondary N) is 1. The molecule has 2 aliphatic heterocycles. The smallest absolute Gasteiger partial charge is 0.231 e. The minimum Gasteiger partial charge on any atom is -0.493 e. The Morgan fingerprint density at radius 1 is 0.941 bits per heavy atom. The SMILES string of the molecule is c1c2c(cc3c1OCCC3NC1CC1)OCO2. The molecule has 4 heteroatoms. The lowest BCUT2D eigenvalue weighted by Crippen LogP contribution is -2.28. The fourth-order valence-electron chi connectivity index (χ4n) is 2.49. The molecule has 1 unspecified atom stereocenters. The van der Waals surface area contributed by atoms with E-state index in [0.29, 0.717) is 18.9 Å². The highest BCUT2D eigenvalue weighted by Crippen LogP contribution is 2.43. The predicted molar refractivity (Wildman–Crippen MR) is 61.6 cm³/mol. The molecule has 1 N–H and O–H groups in total. The second-order valence-electron chi connectivity index (χ2n) is 4.87.